The van der Waals surface area contributed by atoms with Crippen LogP contribution in [0.5, 0.6) is 0 Å². The molecule has 0 heterocycles. The van der Waals surface area contributed by atoms with Gasteiger partial charge in [0.05, 0.1) is 17.8 Å². The van der Waals surface area contributed by atoms with Crippen LogP contribution >= 0.6 is 0 Å². The molecule has 3 aliphatic carbocycles. The number of hydrogen-bond acceptors (Lipinski definition) is 4. The predicted octanol–water partition coefficient (Wildman–Crippen LogP) is 4.12. The Kier molecular flexibility index (Phi) is 7.33. The maximum atomic E-state index is 10.1. The van der Waals surface area contributed by atoms with Gasteiger partial charge < -0.3 is 20.6 Å². The largest absolute Gasteiger partial charge is 0.393 e. The second kappa shape index (κ2) is 9.28. The molecular formula is C26H43NO3. The van der Waals surface area contributed by atoms with Crippen LogP contribution in [0.4, 0.5) is 0 Å². The molecular weight excluding hydrogens is 374 g/mol. The Hall–Kier alpha value is -0.940. The SMILES string of the molecule is C=C1/C(=C/C=C2\CCCC3(C)C2CCC3C(C)CNCC(C)(C)O)C[C@@H](O)C[C@@H]1O. The van der Waals surface area contributed by atoms with Gasteiger partial charge in [-0.3, -0.25) is 0 Å². The van der Waals surface area contributed by atoms with E-state index < -0.39 is 17.8 Å². The topological polar surface area (TPSA) is 72.7 Å². The van der Waals surface area contributed by atoms with Crippen LogP contribution in [0.3, 0.4) is 0 Å². The summed E-state index contributed by atoms with van der Waals surface area (Å²) in [6.45, 7) is 14.2. The molecule has 0 bridgehead atoms. The highest BCUT2D eigenvalue weighted by atomic mass is 16.3. The lowest BCUT2D eigenvalue weighted by atomic mass is 9.61. The Bertz CT molecular complexity index is 689. The van der Waals surface area contributed by atoms with Gasteiger partial charge >= 0.3 is 0 Å². The van der Waals surface area contributed by atoms with E-state index >= 15 is 0 Å². The van der Waals surface area contributed by atoms with Crippen molar-refractivity contribution in [3.05, 3.63) is 35.5 Å². The molecule has 6 atom stereocenters. The van der Waals surface area contributed by atoms with Crippen molar-refractivity contribution >= 4 is 0 Å². The van der Waals surface area contributed by atoms with Crippen molar-refractivity contribution in [3.8, 4) is 0 Å². The molecule has 0 radical (unpaired) electrons. The summed E-state index contributed by atoms with van der Waals surface area (Å²) in [6.07, 6.45) is 10.5. The number of rotatable bonds is 6. The second-order valence-corrected chi connectivity index (χ2v) is 11.1. The van der Waals surface area contributed by atoms with Gasteiger partial charge in [-0.15, -0.1) is 0 Å². The first kappa shape index (κ1) is 23.7. The molecule has 3 aliphatic rings. The summed E-state index contributed by atoms with van der Waals surface area (Å²) in [5.41, 5.74) is 2.98. The van der Waals surface area contributed by atoms with E-state index in [1.54, 1.807) is 0 Å². The van der Waals surface area contributed by atoms with E-state index in [4.69, 9.17) is 0 Å². The van der Waals surface area contributed by atoms with Gasteiger partial charge in [0.1, 0.15) is 0 Å². The number of allylic oxidation sites excluding steroid dienone is 3. The van der Waals surface area contributed by atoms with Crippen LogP contribution < -0.4 is 5.32 Å². The van der Waals surface area contributed by atoms with E-state index in [1.165, 1.54) is 31.3 Å². The Morgan fingerprint density at radius 1 is 1.27 bits per heavy atom. The zero-order chi connectivity index (χ0) is 22.1. The average Bonchev–Trinajstić information content (AvgIpc) is 3.00. The fraction of sp³-hybridized carbons (Fsp3) is 0.769. The first-order valence-corrected chi connectivity index (χ1v) is 11.9. The summed E-state index contributed by atoms with van der Waals surface area (Å²) in [4.78, 5) is 0. The van der Waals surface area contributed by atoms with E-state index in [-0.39, 0.29) is 0 Å². The minimum Gasteiger partial charge on any atom is -0.393 e. The van der Waals surface area contributed by atoms with Crippen LogP contribution in [-0.2, 0) is 0 Å². The smallest absolute Gasteiger partial charge is 0.0811 e. The van der Waals surface area contributed by atoms with Crippen molar-refractivity contribution in [2.75, 3.05) is 13.1 Å². The van der Waals surface area contributed by atoms with Crippen molar-refractivity contribution in [2.24, 2.45) is 23.2 Å². The van der Waals surface area contributed by atoms with E-state index in [2.05, 4.69) is 37.9 Å². The molecule has 0 amide bonds. The van der Waals surface area contributed by atoms with Crippen LogP contribution in [0.15, 0.2) is 35.5 Å². The number of fused-ring (bicyclic) bond motifs is 1. The summed E-state index contributed by atoms with van der Waals surface area (Å²) in [5, 5.41) is 33.6. The van der Waals surface area contributed by atoms with Crippen molar-refractivity contribution in [1.82, 2.24) is 5.32 Å². The van der Waals surface area contributed by atoms with Crippen LogP contribution in [-0.4, -0.2) is 46.2 Å². The lowest BCUT2D eigenvalue weighted by Crippen LogP contribution is -2.41. The fourth-order valence-electron chi connectivity index (χ4n) is 6.43. The molecule has 0 aromatic rings. The Morgan fingerprint density at radius 2 is 2.00 bits per heavy atom. The Balaban J connectivity index is 1.70. The number of nitrogens with one attached hydrogen (secondary N) is 1. The fourth-order valence-corrected chi connectivity index (χ4v) is 6.43. The molecule has 3 fully saturated rings. The number of hydrogen-bond donors (Lipinski definition) is 4. The van der Waals surface area contributed by atoms with E-state index in [0.29, 0.717) is 42.6 Å². The molecule has 170 valence electrons. The predicted molar refractivity (Wildman–Crippen MR) is 123 cm³/mol. The highest BCUT2D eigenvalue weighted by molar-refractivity contribution is 5.38. The molecule has 4 unspecified atom stereocenters. The monoisotopic (exact) mass is 417 g/mol. The zero-order valence-electron chi connectivity index (χ0n) is 19.5. The summed E-state index contributed by atoms with van der Waals surface area (Å²) < 4.78 is 0. The standard InChI is InChI=1S/C26H43NO3/c1-17(15-27-16-25(3,4)30)22-10-11-23-19(7-6-12-26(22,23)5)8-9-20-13-21(28)14-24(29)18(20)2/h8-9,17,21-24,27-30H,2,6-7,10-16H2,1,3-5H3/b19-8+,20-9+/t17?,21-,22?,23?,24+,26?/m1/s1. The van der Waals surface area contributed by atoms with Gasteiger partial charge in [-0.2, -0.15) is 0 Å². The molecule has 4 nitrogen and oxygen atoms in total. The van der Waals surface area contributed by atoms with Crippen LogP contribution in [0.25, 0.3) is 0 Å². The van der Waals surface area contributed by atoms with E-state index in [9.17, 15) is 15.3 Å². The number of aliphatic hydroxyl groups excluding tert-OH is 2. The third kappa shape index (κ3) is 5.27. The summed E-state index contributed by atoms with van der Waals surface area (Å²) in [7, 11) is 0. The minimum absolute atomic E-state index is 0.334. The Morgan fingerprint density at radius 3 is 2.70 bits per heavy atom. The normalized spacial score (nSPS) is 38.8. The molecule has 30 heavy (non-hydrogen) atoms. The molecule has 4 heteroatoms. The molecule has 0 aromatic carbocycles. The van der Waals surface area contributed by atoms with Crippen molar-refractivity contribution < 1.29 is 15.3 Å². The average molecular weight is 418 g/mol. The van der Waals surface area contributed by atoms with E-state index in [1.807, 2.05) is 13.8 Å². The lowest BCUT2D eigenvalue weighted by molar-refractivity contribution is 0.0702. The van der Waals surface area contributed by atoms with Crippen LogP contribution in [0.1, 0.15) is 72.6 Å². The van der Waals surface area contributed by atoms with Crippen molar-refractivity contribution in [3.63, 3.8) is 0 Å². The first-order valence-electron chi connectivity index (χ1n) is 11.9. The van der Waals surface area contributed by atoms with E-state index in [0.717, 1.165) is 24.1 Å². The second-order valence-electron chi connectivity index (χ2n) is 11.1. The highest BCUT2D eigenvalue weighted by Crippen LogP contribution is 2.59. The molecule has 3 rings (SSSR count). The molecule has 0 aliphatic heterocycles. The van der Waals surface area contributed by atoms with Gasteiger partial charge in [-0.1, -0.05) is 38.2 Å². The first-order chi connectivity index (χ1) is 14.0. The molecule has 0 saturated heterocycles. The summed E-state index contributed by atoms with van der Waals surface area (Å²) in [5.74, 6) is 1.90. The third-order valence-corrected chi connectivity index (χ3v) is 8.01. The quantitative estimate of drug-likeness (QED) is 0.524. The van der Waals surface area contributed by atoms with Gasteiger partial charge in [0.25, 0.3) is 0 Å². The maximum Gasteiger partial charge on any atom is 0.0811 e. The van der Waals surface area contributed by atoms with Gasteiger partial charge in [0.2, 0.25) is 0 Å². The Labute approximate surface area is 183 Å². The van der Waals surface area contributed by atoms with Gasteiger partial charge in [0.15, 0.2) is 0 Å². The third-order valence-electron chi connectivity index (χ3n) is 8.01. The van der Waals surface area contributed by atoms with Gasteiger partial charge in [0, 0.05) is 13.0 Å². The highest BCUT2D eigenvalue weighted by Gasteiger charge is 2.50. The van der Waals surface area contributed by atoms with Gasteiger partial charge in [-0.25, -0.2) is 0 Å². The number of aliphatic hydroxyl groups is 3. The molecule has 0 aromatic heterocycles. The maximum absolute atomic E-state index is 10.1. The molecule has 0 spiro atoms. The lowest BCUT2D eigenvalue weighted by Gasteiger charge is -2.44. The van der Waals surface area contributed by atoms with Crippen molar-refractivity contribution in [1.29, 1.82) is 0 Å². The van der Waals surface area contributed by atoms with Crippen LogP contribution in [0.2, 0.25) is 0 Å². The molecule has 4 N–H and O–H groups in total. The minimum atomic E-state index is -0.666. The zero-order valence-corrected chi connectivity index (χ0v) is 19.5. The van der Waals surface area contributed by atoms with Gasteiger partial charge in [-0.05, 0) is 93.2 Å². The summed E-state index contributed by atoms with van der Waals surface area (Å²) in [6, 6.07) is 0. The van der Waals surface area contributed by atoms with Crippen LogP contribution in [0, 0.1) is 23.2 Å². The molecule has 3 saturated carbocycles. The summed E-state index contributed by atoms with van der Waals surface area (Å²) >= 11 is 0. The van der Waals surface area contributed by atoms with Crippen molar-refractivity contribution in [2.45, 2.75) is 90.4 Å².